The van der Waals surface area contributed by atoms with Crippen LogP contribution in [0.25, 0.3) is 61.0 Å². The van der Waals surface area contributed by atoms with Crippen LogP contribution < -0.4 is 0 Å². The van der Waals surface area contributed by atoms with E-state index < -0.39 is 0 Å². The van der Waals surface area contributed by atoms with Gasteiger partial charge in [-0.15, -0.1) is 0 Å². The smallest absolute Gasteiger partial charge is 0.160 e. The molecule has 7 aromatic carbocycles. The lowest BCUT2D eigenvalue weighted by Gasteiger charge is -2.21. The maximum Gasteiger partial charge on any atom is 0.160 e. The van der Waals surface area contributed by atoms with Gasteiger partial charge in [0.15, 0.2) is 5.84 Å². The van der Waals surface area contributed by atoms with Crippen molar-refractivity contribution in [1.29, 1.82) is 0 Å². The molecule has 0 spiro atoms. The van der Waals surface area contributed by atoms with Crippen molar-refractivity contribution < 1.29 is 4.42 Å². The molecule has 0 bridgehead atoms. The van der Waals surface area contributed by atoms with Crippen molar-refractivity contribution in [3.63, 3.8) is 0 Å². The summed E-state index contributed by atoms with van der Waals surface area (Å²) in [6.45, 7) is 11.0. The first-order chi connectivity index (χ1) is 25.9. The maximum atomic E-state index is 6.36. The van der Waals surface area contributed by atoms with Gasteiger partial charge in [-0.3, -0.25) is 0 Å². The molecule has 0 fully saturated rings. The minimum Gasteiger partial charge on any atom is -0.455 e. The van der Waals surface area contributed by atoms with Crippen molar-refractivity contribution in [2.75, 3.05) is 0 Å². The monoisotopic (exact) mass is 682 g/mol. The quantitative estimate of drug-likeness (QED) is 0.127. The van der Waals surface area contributed by atoms with Crippen LogP contribution >= 0.6 is 0 Å². The highest BCUT2D eigenvalue weighted by Crippen LogP contribution is 2.52. The largest absolute Gasteiger partial charge is 0.455 e. The average molecular weight is 683 g/mol. The van der Waals surface area contributed by atoms with Gasteiger partial charge in [0.25, 0.3) is 0 Å². The molecule has 0 aliphatic heterocycles. The molecule has 53 heavy (non-hydrogen) atoms. The topological polar surface area (TPSA) is 37.9 Å². The zero-order chi connectivity index (χ0) is 36.1. The molecule has 8 aromatic rings. The Kier molecular flexibility index (Phi) is 7.86. The highest BCUT2D eigenvalue weighted by molar-refractivity contribution is 6.14. The number of aliphatic imine (C=N–C) groups is 2. The van der Waals surface area contributed by atoms with Gasteiger partial charge in [0.1, 0.15) is 11.2 Å². The minimum atomic E-state index is -0.0580. The van der Waals surface area contributed by atoms with Gasteiger partial charge in [-0.25, -0.2) is 9.98 Å². The van der Waals surface area contributed by atoms with Crippen LogP contribution in [-0.2, 0) is 5.41 Å². The number of furan rings is 1. The van der Waals surface area contributed by atoms with E-state index in [1.54, 1.807) is 0 Å². The molecular formula is C50H38N2O. The standard InChI is InChI=1S/C50H38N2O/c1-32(34-15-6-5-7-16-34)51-49(36-29-27-35(28-30-36)40-22-13-23-42-41-19-9-11-26-46(41)53-48(40)42)52-33(2)37-17-12-18-38(31-37)39-21-14-25-45-47(39)43-20-8-10-24-44(43)50(45,3)4/h5-31H,1H2,2-4H3/b51-49-,52-33+. The Hall–Kier alpha value is -6.58. The number of rotatable bonds is 6. The second kappa shape index (κ2) is 12.9. The molecule has 1 heterocycles. The zero-order valence-corrected chi connectivity index (χ0v) is 30.1. The van der Waals surface area contributed by atoms with Crippen molar-refractivity contribution >= 4 is 39.2 Å². The molecule has 0 saturated carbocycles. The number of amidine groups is 1. The van der Waals surface area contributed by atoms with Crippen molar-refractivity contribution in [1.82, 2.24) is 0 Å². The zero-order valence-electron chi connectivity index (χ0n) is 30.1. The Bertz CT molecular complexity index is 2760. The van der Waals surface area contributed by atoms with E-state index in [0.29, 0.717) is 11.5 Å². The van der Waals surface area contributed by atoms with E-state index in [-0.39, 0.29) is 5.41 Å². The molecule has 0 radical (unpaired) electrons. The second-order valence-electron chi connectivity index (χ2n) is 14.3. The van der Waals surface area contributed by atoms with E-state index in [4.69, 9.17) is 14.4 Å². The summed E-state index contributed by atoms with van der Waals surface area (Å²) >= 11 is 0. The van der Waals surface area contributed by atoms with Gasteiger partial charge in [0.2, 0.25) is 0 Å². The van der Waals surface area contributed by atoms with Crippen molar-refractivity contribution in [2.45, 2.75) is 26.2 Å². The van der Waals surface area contributed by atoms with Crippen molar-refractivity contribution in [3.8, 4) is 33.4 Å². The van der Waals surface area contributed by atoms with Crippen LogP contribution in [0.15, 0.2) is 185 Å². The van der Waals surface area contributed by atoms with Crippen molar-refractivity contribution in [2.24, 2.45) is 9.98 Å². The van der Waals surface area contributed by atoms with Gasteiger partial charge in [-0.05, 0) is 69.1 Å². The lowest BCUT2D eigenvalue weighted by molar-refractivity contribution is 0.660. The van der Waals surface area contributed by atoms with E-state index in [2.05, 4.69) is 149 Å². The third-order valence-corrected chi connectivity index (χ3v) is 10.7. The number of fused-ring (bicyclic) bond motifs is 6. The summed E-state index contributed by atoms with van der Waals surface area (Å²) in [6, 6.07) is 57.2. The lowest BCUT2D eigenvalue weighted by Crippen LogP contribution is -2.14. The first-order valence-corrected chi connectivity index (χ1v) is 18.1. The third kappa shape index (κ3) is 5.62. The second-order valence-corrected chi connectivity index (χ2v) is 14.3. The Balaban J connectivity index is 1.11. The molecule has 0 unspecified atom stereocenters. The lowest BCUT2D eigenvalue weighted by atomic mass is 9.82. The first-order valence-electron chi connectivity index (χ1n) is 18.1. The molecule has 3 nitrogen and oxygen atoms in total. The molecule has 1 aliphatic rings. The van der Waals surface area contributed by atoms with Crippen molar-refractivity contribution in [3.05, 3.63) is 198 Å². The summed E-state index contributed by atoms with van der Waals surface area (Å²) in [5.41, 5.74) is 16.0. The molecule has 1 aromatic heterocycles. The highest BCUT2D eigenvalue weighted by Gasteiger charge is 2.36. The molecule has 254 valence electrons. The van der Waals surface area contributed by atoms with Gasteiger partial charge in [0, 0.05) is 33.0 Å². The fourth-order valence-corrected chi connectivity index (χ4v) is 7.88. The summed E-state index contributed by atoms with van der Waals surface area (Å²) in [5.74, 6) is 0.603. The summed E-state index contributed by atoms with van der Waals surface area (Å²) in [6.07, 6.45) is 0. The summed E-state index contributed by atoms with van der Waals surface area (Å²) < 4.78 is 6.36. The summed E-state index contributed by atoms with van der Waals surface area (Å²) in [4.78, 5) is 10.3. The number of para-hydroxylation sites is 2. The number of hydrogen-bond donors (Lipinski definition) is 0. The van der Waals surface area contributed by atoms with E-state index in [9.17, 15) is 0 Å². The van der Waals surface area contributed by atoms with Gasteiger partial charge in [-0.1, -0.05) is 172 Å². The Labute approximate surface area is 310 Å². The number of hydrogen-bond acceptors (Lipinski definition) is 2. The number of nitrogens with zero attached hydrogens (tertiary/aromatic N) is 2. The van der Waals surface area contributed by atoms with E-state index in [0.717, 1.165) is 61.0 Å². The fraction of sp³-hybridized carbons (Fsp3) is 0.0800. The molecular weight excluding hydrogens is 645 g/mol. The van der Waals surface area contributed by atoms with Crippen LogP contribution in [0.3, 0.4) is 0 Å². The molecule has 0 atom stereocenters. The van der Waals surface area contributed by atoms with Crippen LogP contribution in [0.2, 0.25) is 0 Å². The van der Waals surface area contributed by atoms with E-state index >= 15 is 0 Å². The van der Waals surface area contributed by atoms with Crippen LogP contribution in [0.5, 0.6) is 0 Å². The fourth-order valence-electron chi connectivity index (χ4n) is 7.88. The molecule has 9 rings (SSSR count). The summed E-state index contributed by atoms with van der Waals surface area (Å²) in [5, 5.41) is 2.23. The van der Waals surface area contributed by atoms with E-state index in [1.807, 2.05) is 42.5 Å². The van der Waals surface area contributed by atoms with Gasteiger partial charge >= 0.3 is 0 Å². The third-order valence-electron chi connectivity index (χ3n) is 10.7. The minimum absolute atomic E-state index is 0.0580. The number of benzene rings is 7. The van der Waals surface area contributed by atoms with Crippen LogP contribution in [-0.4, -0.2) is 11.5 Å². The molecule has 1 aliphatic carbocycles. The molecule has 3 heteroatoms. The van der Waals surface area contributed by atoms with E-state index in [1.165, 1.54) is 27.8 Å². The maximum absolute atomic E-state index is 6.36. The SMILES string of the molecule is C=C(/N=C(\N=C(/C)c1cccc(-c2cccc3c2-c2ccccc2C3(C)C)c1)c1ccc(-c2cccc3c2oc2ccccc23)cc1)c1ccccc1. The van der Waals surface area contributed by atoms with Gasteiger partial charge in [-0.2, -0.15) is 0 Å². The van der Waals surface area contributed by atoms with Gasteiger partial charge in [0.05, 0.1) is 5.70 Å². The highest BCUT2D eigenvalue weighted by atomic mass is 16.3. The summed E-state index contributed by atoms with van der Waals surface area (Å²) in [7, 11) is 0. The van der Waals surface area contributed by atoms with Crippen LogP contribution in [0, 0.1) is 0 Å². The Morgan fingerprint density at radius 1 is 0.528 bits per heavy atom. The molecule has 0 saturated heterocycles. The predicted molar refractivity (Wildman–Crippen MR) is 223 cm³/mol. The van der Waals surface area contributed by atoms with Crippen LogP contribution in [0.1, 0.15) is 48.6 Å². The van der Waals surface area contributed by atoms with Gasteiger partial charge < -0.3 is 4.42 Å². The Morgan fingerprint density at radius 3 is 2.02 bits per heavy atom. The average Bonchev–Trinajstić information content (AvgIpc) is 3.70. The predicted octanol–water partition coefficient (Wildman–Crippen LogP) is 13.2. The Morgan fingerprint density at radius 2 is 1.17 bits per heavy atom. The van der Waals surface area contributed by atoms with Crippen LogP contribution in [0.4, 0.5) is 0 Å². The first kappa shape index (κ1) is 32.3. The normalized spacial score (nSPS) is 13.6. The molecule has 0 N–H and O–H groups in total. The molecule has 0 amide bonds.